The van der Waals surface area contributed by atoms with Crippen molar-refractivity contribution >= 4 is 11.7 Å². The van der Waals surface area contributed by atoms with Gasteiger partial charge in [0.25, 0.3) is 0 Å². The van der Waals surface area contributed by atoms with Gasteiger partial charge in [0, 0.05) is 13.6 Å². The molecule has 0 aliphatic rings. The maximum Gasteiger partial charge on any atom is 0.188 e. The highest BCUT2D eigenvalue weighted by Gasteiger charge is 2.07. The van der Waals surface area contributed by atoms with Crippen molar-refractivity contribution in [2.45, 2.75) is 6.54 Å². The number of aromatic nitrogens is 1. The summed E-state index contributed by atoms with van der Waals surface area (Å²) >= 11 is 0. The molecule has 0 amide bonds. The predicted molar refractivity (Wildman–Crippen MR) is 75.3 cm³/mol. The Morgan fingerprint density at radius 2 is 2.10 bits per heavy atom. The van der Waals surface area contributed by atoms with Crippen LogP contribution in [0.25, 0.3) is 0 Å². The first-order valence-corrected chi connectivity index (χ1v) is 6.00. The highest BCUT2D eigenvalue weighted by Crippen LogP contribution is 2.14. The van der Waals surface area contributed by atoms with Gasteiger partial charge < -0.3 is 15.8 Å². The molecule has 0 radical (unpaired) electrons. The molecule has 0 saturated heterocycles. The third-order valence-electron chi connectivity index (χ3n) is 2.80. The Kier molecular flexibility index (Phi) is 4.14. The van der Waals surface area contributed by atoms with Crippen LogP contribution in [0, 0.1) is 5.82 Å². The zero-order valence-electron chi connectivity index (χ0n) is 11.0. The summed E-state index contributed by atoms with van der Waals surface area (Å²) in [4.78, 5) is 6.13. The fourth-order valence-corrected chi connectivity index (χ4v) is 1.82. The van der Waals surface area contributed by atoms with Gasteiger partial charge in [-0.05, 0) is 29.8 Å². The summed E-state index contributed by atoms with van der Waals surface area (Å²) in [7, 11) is 1.84. The van der Waals surface area contributed by atoms with Crippen molar-refractivity contribution in [1.29, 1.82) is 0 Å². The van der Waals surface area contributed by atoms with E-state index in [2.05, 4.69) is 10.1 Å². The number of rotatable bonds is 4. The topological polar surface area (TPSA) is 74.7 Å². The van der Waals surface area contributed by atoms with Crippen LogP contribution in [-0.2, 0) is 6.54 Å². The number of hydrogen-bond acceptors (Lipinski definition) is 4. The number of nitrogens with two attached hydrogens (primary N) is 1. The molecular weight excluding hydrogens is 259 g/mol. The van der Waals surface area contributed by atoms with Crippen molar-refractivity contribution in [3.05, 3.63) is 59.5 Å². The van der Waals surface area contributed by atoms with E-state index in [-0.39, 0.29) is 11.7 Å². The van der Waals surface area contributed by atoms with Gasteiger partial charge in [-0.15, -0.1) is 0 Å². The van der Waals surface area contributed by atoms with Crippen LogP contribution in [-0.4, -0.2) is 23.1 Å². The van der Waals surface area contributed by atoms with E-state index in [1.54, 1.807) is 24.3 Å². The highest BCUT2D eigenvalue weighted by molar-refractivity contribution is 5.95. The van der Waals surface area contributed by atoms with E-state index in [0.29, 0.717) is 18.1 Å². The molecule has 0 bridgehead atoms. The molecule has 1 heterocycles. The van der Waals surface area contributed by atoms with E-state index < -0.39 is 0 Å². The van der Waals surface area contributed by atoms with Crippen LogP contribution in [0.2, 0.25) is 0 Å². The third kappa shape index (κ3) is 3.23. The number of hydrogen-bond donors (Lipinski definition) is 2. The van der Waals surface area contributed by atoms with Gasteiger partial charge in [-0.1, -0.05) is 23.4 Å². The second-order valence-corrected chi connectivity index (χ2v) is 4.35. The lowest BCUT2D eigenvalue weighted by atomic mass is 10.2. The molecule has 6 heteroatoms. The summed E-state index contributed by atoms with van der Waals surface area (Å²) < 4.78 is 13.1. The lowest BCUT2D eigenvalue weighted by Crippen LogP contribution is -2.21. The van der Waals surface area contributed by atoms with E-state index in [9.17, 15) is 4.39 Å². The quantitative estimate of drug-likeness (QED) is 0.387. The Hall–Kier alpha value is -2.63. The minimum Gasteiger partial charge on any atom is -0.409 e. The summed E-state index contributed by atoms with van der Waals surface area (Å²) in [5.74, 6) is 0.332. The van der Waals surface area contributed by atoms with Gasteiger partial charge in [-0.3, -0.25) is 0 Å². The van der Waals surface area contributed by atoms with Crippen LogP contribution in [0.5, 0.6) is 0 Å². The molecule has 1 aromatic carbocycles. The molecule has 0 aliphatic carbocycles. The molecule has 1 aromatic heterocycles. The largest absolute Gasteiger partial charge is 0.409 e. The summed E-state index contributed by atoms with van der Waals surface area (Å²) in [6.07, 6.45) is 0. The van der Waals surface area contributed by atoms with Crippen LogP contribution >= 0.6 is 0 Å². The van der Waals surface area contributed by atoms with Crippen LogP contribution in [0.4, 0.5) is 10.2 Å². The summed E-state index contributed by atoms with van der Waals surface area (Å²) in [6.45, 7) is 0.504. The number of amidine groups is 1. The minimum atomic E-state index is -0.269. The molecule has 20 heavy (non-hydrogen) atoms. The fourth-order valence-electron chi connectivity index (χ4n) is 1.82. The van der Waals surface area contributed by atoms with Gasteiger partial charge in [0.15, 0.2) is 5.84 Å². The lowest BCUT2D eigenvalue weighted by Gasteiger charge is -2.18. The first-order chi connectivity index (χ1) is 9.60. The molecule has 0 unspecified atom stereocenters. The van der Waals surface area contributed by atoms with Gasteiger partial charge >= 0.3 is 0 Å². The Balaban J connectivity index is 2.19. The van der Waals surface area contributed by atoms with Crippen LogP contribution in [0.15, 0.2) is 47.6 Å². The second kappa shape index (κ2) is 6.01. The van der Waals surface area contributed by atoms with Gasteiger partial charge in [0.2, 0.25) is 0 Å². The Morgan fingerprint density at radius 3 is 2.80 bits per heavy atom. The van der Waals surface area contributed by atoms with Gasteiger partial charge in [0.05, 0.1) is 0 Å². The van der Waals surface area contributed by atoms with Crippen molar-refractivity contribution in [2.75, 3.05) is 11.9 Å². The number of nitrogens with zero attached hydrogens (tertiary/aromatic N) is 3. The number of anilines is 1. The fraction of sp³-hybridized carbons (Fsp3) is 0.143. The smallest absolute Gasteiger partial charge is 0.188 e. The maximum atomic E-state index is 13.1. The van der Waals surface area contributed by atoms with E-state index in [0.717, 1.165) is 5.56 Å². The average Bonchev–Trinajstić information content (AvgIpc) is 2.46. The molecule has 3 N–H and O–H groups in total. The molecular formula is C14H15FN4O. The summed E-state index contributed by atoms with van der Waals surface area (Å²) in [5, 5.41) is 11.6. The van der Waals surface area contributed by atoms with Crippen molar-refractivity contribution < 1.29 is 9.60 Å². The first kappa shape index (κ1) is 13.8. The normalized spacial score (nSPS) is 11.4. The summed E-state index contributed by atoms with van der Waals surface area (Å²) in [6, 6.07) is 11.6. The SMILES string of the molecule is CN(Cc1cccc(F)c1)c1cccc(C(N)=NO)n1. The van der Waals surface area contributed by atoms with Crippen LogP contribution in [0.3, 0.4) is 0 Å². The van der Waals surface area contributed by atoms with E-state index in [1.165, 1.54) is 12.1 Å². The van der Waals surface area contributed by atoms with Crippen molar-refractivity contribution in [3.8, 4) is 0 Å². The molecule has 0 fully saturated rings. The number of pyridine rings is 1. The second-order valence-electron chi connectivity index (χ2n) is 4.35. The molecule has 2 rings (SSSR count). The molecule has 5 nitrogen and oxygen atoms in total. The van der Waals surface area contributed by atoms with Crippen molar-refractivity contribution in [1.82, 2.24) is 4.98 Å². The number of oxime groups is 1. The van der Waals surface area contributed by atoms with E-state index in [1.807, 2.05) is 18.0 Å². The average molecular weight is 274 g/mol. The molecule has 0 saturated carbocycles. The van der Waals surface area contributed by atoms with Gasteiger partial charge in [0.1, 0.15) is 17.3 Å². The summed E-state index contributed by atoms with van der Waals surface area (Å²) in [5.41, 5.74) is 6.73. The van der Waals surface area contributed by atoms with Crippen molar-refractivity contribution in [2.24, 2.45) is 10.9 Å². The number of halogens is 1. The molecule has 0 aliphatic heterocycles. The van der Waals surface area contributed by atoms with Gasteiger partial charge in [-0.2, -0.15) is 0 Å². The Labute approximate surface area is 116 Å². The van der Waals surface area contributed by atoms with Crippen LogP contribution < -0.4 is 10.6 Å². The molecule has 0 atom stereocenters. The monoisotopic (exact) mass is 274 g/mol. The number of benzene rings is 1. The van der Waals surface area contributed by atoms with Crippen molar-refractivity contribution in [3.63, 3.8) is 0 Å². The zero-order chi connectivity index (χ0) is 14.5. The Morgan fingerprint density at radius 1 is 1.35 bits per heavy atom. The molecule has 104 valence electrons. The predicted octanol–water partition coefficient (Wildman–Crippen LogP) is 1.95. The lowest BCUT2D eigenvalue weighted by molar-refractivity contribution is 0.318. The minimum absolute atomic E-state index is 0.0500. The first-order valence-electron chi connectivity index (χ1n) is 6.00. The highest BCUT2D eigenvalue weighted by atomic mass is 19.1. The maximum absolute atomic E-state index is 13.1. The van der Waals surface area contributed by atoms with E-state index in [4.69, 9.17) is 10.9 Å². The zero-order valence-corrected chi connectivity index (χ0v) is 11.0. The Bertz CT molecular complexity index is 630. The van der Waals surface area contributed by atoms with E-state index >= 15 is 0 Å². The third-order valence-corrected chi connectivity index (χ3v) is 2.80. The van der Waals surface area contributed by atoms with Crippen LogP contribution in [0.1, 0.15) is 11.3 Å². The molecule has 0 spiro atoms. The standard InChI is InChI=1S/C14H15FN4O/c1-19(9-10-4-2-5-11(15)8-10)13-7-3-6-12(17-13)14(16)18-20/h2-8,20H,9H2,1H3,(H2,16,18). The molecule has 2 aromatic rings. The van der Waals surface area contributed by atoms with Gasteiger partial charge in [-0.25, -0.2) is 9.37 Å².